The van der Waals surface area contributed by atoms with Gasteiger partial charge in [0.05, 0.1) is 0 Å². The summed E-state index contributed by atoms with van der Waals surface area (Å²) in [5.74, 6) is 1.06. The summed E-state index contributed by atoms with van der Waals surface area (Å²) < 4.78 is 0. The first kappa shape index (κ1) is 14.3. The summed E-state index contributed by atoms with van der Waals surface area (Å²) in [4.78, 5) is 14.6. The van der Waals surface area contributed by atoms with E-state index in [0.29, 0.717) is 6.42 Å². The number of ketones is 1. The third-order valence-corrected chi connectivity index (χ3v) is 4.23. The molecule has 2 rings (SSSR count). The summed E-state index contributed by atoms with van der Waals surface area (Å²) in [6.45, 7) is 9.68. The first-order chi connectivity index (χ1) is 9.06. The second-order valence-electron chi connectivity index (χ2n) is 6.02. The molecular formula is C17H25NO. The Kier molecular flexibility index (Phi) is 4.76. The number of carbonyl (C=O) groups is 1. The summed E-state index contributed by atoms with van der Waals surface area (Å²) in [6.07, 6.45) is 3.26. The van der Waals surface area contributed by atoms with E-state index in [2.05, 4.69) is 25.7 Å². The fourth-order valence-corrected chi connectivity index (χ4v) is 2.81. The minimum absolute atomic E-state index is 0.279. The van der Waals surface area contributed by atoms with E-state index in [1.165, 1.54) is 24.0 Å². The van der Waals surface area contributed by atoms with Crippen molar-refractivity contribution in [2.24, 2.45) is 5.92 Å². The number of likely N-dealkylation sites (tertiary alicyclic amines) is 1. The van der Waals surface area contributed by atoms with E-state index in [-0.39, 0.29) is 5.78 Å². The van der Waals surface area contributed by atoms with Gasteiger partial charge in [0.1, 0.15) is 0 Å². The number of hydrogen-bond donors (Lipinski definition) is 0. The van der Waals surface area contributed by atoms with E-state index in [4.69, 9.17) is 0 Å². The fourth-order valence-electron chi connectivity index (χ4n) is 2.81. The van der Waals surface area contributed by atoms with Crippen molar-refractivity contribution in [3.8, 4) is 0 Å². The molecule has 2 heteroatoms. The van der Waals surface area contributed by atoms with Crippen molar-refractivity contribution in [2.45, 2.75) is 40.0 Å². The summed E-state index contributed by atoms with van der Waals surface area (Å²) in [5.41, 5.74) is 3.33. The van der Waals surface area contributed by atoms with Gasteiger partial charge in [0.25, 0.3) is 0 Å². The van der Waals surface area contributed by atoms with Crippen LogP contribution in [0.3, 0.4) is 0 Å². The Hall–Kier alpha value is -1.15. The number of piperidine rings is 1. The Balaban J connectivity index is 1.88. The van der Waals surface area contributed by atoms with E-state index in [1.807, 2.05) is 18.2 Å². The maximum atomic E-state index is 12.2. The van der Waals surface area contributed by atoms with E-state index < -0.39 is 0 Å². The van der Waals surface area contributed by atoms with Gasteiger partial charge in [0.15, 0.2) is 5.78 Å². The summed E-state index contributed by atoms with van der Waals surface area (Å²) in [5, 5.41) is 0. The van der Waals surface area contributed by atoms with Crippen molar-refractivity contribution < 1.29 is 4.79 Å². The summed E-state index contributed by atoms with van der Waals surface area (Å²) in [6, 6.07) is 6.03. The van der Waals surface area contributed by atoms with Crippen molar-refractivity contribution in [3.05, 3.63) is 34.9 Å². The van der Waals surface area contributed by atoms with Gasteiger partial charge in [0.2, 0.25) is 0 Å². The molecule has 1 unspecified atom stereocenters. The molecule has 0 bridgehead atoms. The van der Waals surface area contributed by atoms with Gasteiger partial charge < -0.3 is 4.90 Å². The van der Waals surface area contributed by atoms with Crippen LogP contribution in [0, 0.1) is 19.8 Å². The SMILES string of the molecule is Cc1ccc(C(=O)CCN2CCCC(C)C2)cc1C. The molecule has 1 fully saturated rings. The standard InChI is InChI=1S/C17H25NO/c1-13-5-4-9-18(12-13)10-8-17(19)16-7-6-14(2)15(3)11-16/h6-7,11,13H,4-5,8-10,12H2,1-3H3. The predicted molar refractivity (Wildman–Crippen MR) is 79.7 cm³/mol. The molecular weight excluding hydrogens is 234 g/mol. The topological polar surface area (TPSA) is 20.3 Å². The Morgan fingerprint density at radius 1 is 1.32 bits per heavy atom. The molecule has 0 spiro atoms. The lowest BCUT2D eigenvalue weighted by atomic mass is 9.99. The predicted octanol–water partition coefficient (Wildman–Crippen LogP) is 3.61. The van der Waals surface area contributed by atoms with Crippen LogP contribution in [0.2, 0.25) is 0 Å². The molecule has 2 nitrogen and oxygen atoms in total. The van der Waals surface area contributed by atoms with Gasteiger partial charge in [-0.1, -0.05) is 19.1 Å². The zero-order valence-electron chi connectivity index (χ0n) is 12.4. The van der Waals surface area contributed by atoms with Crippen LogP contribution in [0.4, 0.5) is 0 Å². The van der Waals surface area contributed by atoms with Gasteiger partial charge in [0, 0.05) is 25.1 Å². The number of aryl methyl sites for hydroxylation is 2. The molecule has 1 aliphatic heterocycles. The highest BCUT2D eigenvalue weighted by molar-refractivity contribution is 5.96. The molecule has 19 heavy (non-hydrogen) atoms. The van der Waals surface area contributed by atoms with Crippen LogP contribution in [-0.2, 0) is 0 Å². The Morgan fingerprint density at radius 3 is 2.79 bits per heavy atom. The number of hydrogen-bond acceptors (Lipinski definition) is 2. The average molecular weight is 259 g/mol. The van der Waals surface area contributed by atoms with Crippen molar-refractivity contribution in [2.75, 3.05) is 19.6 Å². The Bertz CT molecular complexity index is 453. The number of carbonyl (C=O) groups excluding carboxylic acids is 1. The largest absolute Gasteiger partial charge is 0.303 e. The van der Waals surface area contributed by atoms with Crippen LogP contribution in [0.25, 0.3) is 0 Å². The number of Topliss-reactive ketones (excluding diaryl/α,β-unsaturated/α-hetero) is 1. The van der Waals surface area contributed by atoms with Gasteiger partial charge in [-0.15, -0.1) is 0 Å². The maximum Gasteiger partial charge on any atom is 0.164 e. The van der Waals surface area contributed by atoms with Crippen LogP contribution >= 0.6 is 0 Å². The normalized spacial score (nSPS) is 20.5. The van der Waals surface area contributed by atoms with Crippen molar-refractivity contribution in [1.82, 2.24) is 4.90 Å². The highest BCUT2D eigenvalue weighted by Crippen LogP contribution is 2.16. The van der Waals surface area contributed by atoms with Gasteiger partial charge in [-0.25, -0.2) is 0 Å². The lowest BCUT2D eigenvalue weighted by molar-refractivity contribution is 0.0949. The second kappa shape index (κ2) is 6.33. The molecule has 0 aromatic heterocycles. The van der Waals surface area contributed by atoms with Crippen molar-refractivity contribution >= 4 is 5.78 Å². The highest BCUT2D eigenvalue weighted by Gasteiger charge is 2.17. The number of rotatable bonds is 4. The molecule has 0 saturated carbocycles. The van der Waals surface area contributed by atoms with E-state index >= 15 is 0 Å². The third kappa shape index (κ3) is 3.90. The molecule has 0 aliphatic carbocycles. The lowest BCUT2D eigenvalue weighted by Crippen LogP contribution is -2.35. The minimum atomic E-state index is 0.279. The molecule has 104 valence electrons. The van der Waals surface area contributed by atoms with Crippen LogP contribution in [0.15, 0.2) is 18.2 Å². The van der Waals surface area contributed by atoms with Gasteiger partial charge in [-0.2, -0.15) is 0 Å². The Morgan fingerprint density at radius 2 is 2.11 bits per heavy atom. The number of benzene rings is 1. The summed E-state index contributed by atoms with van der Waals surface area (Å²) >= 11 is 0. The second-order valence-corrected chi connectivity index (χ2v) is 6.02. The zero-order valence-corrected chi connectivity index (χ0v) is 12.4. The molecule has 0 radical (unpaired) electrons. The fraction of sp³-hybridized carbons (Fsp3) is 0.588. The smallest absolute Gasteiger partial charge is 0.164 e. The molecule has 1 saturated heterocycles. The van der Waals surface area contributed by atoms with E-state index in [9.17, 15) is 4.79 Å². The van der Waals surface area contributed by atoms with Crippen molar-refractivity contribution in [1.29, 1.82) is 0 Å². The van der Waals surface area contributed by atoms with Gasteiger partial charge in [-0.05, 0) is 56.3 Å². The first-order valence-electron chi connectivity index (χ1n) is 7.39. The first-order valence-corrected chi connectivity index (χ1v) is 7.39. The third-order valence-electron chi connectivity index (χ3n) is 4.23. The van der Waals surface area contributed by atoms with Crippen LogP contribution in [0.1, 0.15) is 47.7 Å². The van der Waals surface area contributed by atoms with Crippen LogP contribution in [0.5, 0.6) is 0 Å². The maximum absolute atomic E-state index is 12.2. The monoisotopic (exact) mass is 259 g/mol. The molecule has 1 aromatic carbocycles. The quantitative estimate of drug-likeness (QED) is 0.770. The van der Waals surface area contributed by atoms with Gasteiger partial charge in [-0.3, -0.25) is 4.79 Å². The molecule has 1 heterocycles. The molecule has 0 amide bonds. The zero-order chi connectivity index (χ0) is 13.8. The minimum Gasteiger partial charge on any atom is -0.303 e. The molecule has 0 N–H and O–H groups in total. The van der Waals surface area contributed by atoms with E-state index in [1.54, 1.807) is 0 Å². The Labute approximate surface area is 116 Å². The van der Waals surface area contributed by atoms with Crippen molar-refractivity contribution in [3.63, 3.8) is 0 Å². The molecule has 1 atom stereocenters. The number of nitrogens with zero attached hydrogens (tertiary/aromatic N) is 1. The molecule has 1 aliphatic rings. The molecule has 1 aromatic rings. The lowest BCUT2D eigenvalue weighted by Gasteiger charge is -2.30. The van der Waals surface area contributed by atoms with Gasteiger partial charge >= 0.3 is 0 Å². The van der Waals surface area contributed by atoms with Crippen LogP contribution in [-0.4, -0.2) is 30.3 Å². The average Bonchev–Trinajstić information content (AvgIpc) is 2.39. The highest BCUT2D eigenvalue weighted by atomic mass is 16.1. The van der Waals surface area contributed by atoms with E-state index in [0.717, 1.165) is 31.1 Å². The summed E-state index contributed by atoms with van der Waals surface area (Å²) in [7, 11) is 0. The van der Waals surface area contributed by atoms with Crippen LogP contribution < -0.4 is 0 Å².